The first-order valence-electron chi connectivity index (χ1n) is 6.20. The van der Waals surface area contributed by atoms with Crippen molar-refractivity contribution >= 4 is 17.6 Å². The molecule has 0 aromatic carbocycles. The summed E-state index contributed by atoms with van der Waals surface area (Å²) in [4.78, 5) is 16.4. The molecule has 0 spiro atoms. The molecule has 1 saturated heterocycles. The van der Waals surface area contributed by atoms with Crippen LogP contribution in [0.2, 0.25) is 0 Å². The number of ether oxygens (including phenoxy) is 1. The first-order valence-corrected chi connectivity index (χ1v) is 6.73. The van der Waals surface area contributed by atoms with Crippen molar-refractivity contribution in [2.24, 2.45) is 0 Å². The molecule has 1 N–H and O–H groups in total. The van der Waals surface area contributed by atoms with Gasteiger partial charge < -0.3 is 15.0 Å². The summed E-state index contributed by atoms with van der Waals surface area (Å²) >= 11 is 5.44. The summed E-state index contributed by atoms with van der Waals surface area (Å²) in [5.41, 5.74) is -1.00. The molecule has 0 aliphatic carbocycles. The van der Waals surface area contributed by atoms with E-state index in [1.54, 1.807) is 0 Å². The average molecular weight is 324 g/mol. The number of urea groups is 1. The highest BCUT2D eigenvalue weighted by Gasteiger charge is 2.35. The fourth-order valence-corrected chi connectivity index (χ4v) is 1.85. The van der Waals surface area contributed by atoms with E-state index in [1.165, 1.54) is 17.0 Å². The van der Waals surface area contributed by atoms with Crippen LogP contribution < -0.4 is 10.1 Å². The number of amides is 2. The van der Waals surface area contributed by atoms with Gasteiger partial charge in [0.05, 0.1) is 13.1 Å². The third-order valence-electron chi connectivity index (χ3n) is 2.81. The van der Waals surface area contributed by atoms with Crippen molar-refractivity contribution in [2.45, 2.75) is 12.3 Å². The first-order chi connectivity index (χ1) is 9.90. The molecule has 116 valence electrons. The van der Waals surface area contributed by atoms with Crippen molar-refractivity contribution in [3.8, 4) is 5.88 Å². The second-order valence-electron chi connectivity index (χ2n) is 4.42. The van der Waals surface area contributed by atoms with Crippen molar-refractivity contribution < 1.29 is 22.7 Å². The van der Waals surface area contributed by atoms with Gasteiger partial charge in [-0.25, -0.2) is 9.78 Å². The molecular weight excluding hydrogens is 311 g/mol. The number of nitrogens with zero attached hydrogens (tertiary/aromatic N) is 2. The molecule has 9 heteroatoms. The molecule has 0 atom stereocenters. The summed E-state index contributed by atoms with van der Waals surface area (Å²) < 4.78 is 42.8. The Bertz CT molecular complexity index is 507. The minimum atomic E-state index is -4.51. The molecule has 0 bridgehead atoms. The molecule has 21 heavy (non-hydrogen) atoms. The lowest BCUT2D eigenvalue weighted by atomic mass is 10.2. The largest absolute Gasteiger partial charge is 0.471 e. The number of carbonyl (C=O) groups is 1. The highest BCUT2D eigenvalue weighted by atomic mass is 35.5. The highest BCUT2D eigenvalue weighted by molar-refractivity contribution is 6.18. The van der Waals surface area contributed by atoms with E-state index < -0.39 is 11.9 Å². The first kappa shape index (κ1) is 15.7. The van der Waals surface area contributed by atoms with E-state index >= 15 is 0 Å². The summed E-state index contributed by atoms with van der Waals surface area (Å²) in [6.07, 6.45) is -4.87. The minimum absolute atomic E-state index is 0.101. The summed E-state index contributed by atoms with van der Waals surface area (Å²) in [6, 6.07) is 3.19. The van der Waals surface area contributed by atoms with Crippen LogP contribution in [0.15, 0.2) is 18.2 Å². The minimum Gasteiger partial charge on any atom is -0.471 e. The van der Waals surface area contributed by atoms with Gasteiger partial charge in [-0.1, -0.05) is 6.07 Å². The third kappa shape index (κ3) is 4.13. The van der Waals surface area contributed by atoms with E-state index in [1.807, 2.05) is 0 Å². The van der Waals surface area contributed by atoms with Crippen molar-refractivity contribution in [2.75, 3.05) is 25.5 Å². The molecular formula is C12H13ClF3N3O2. The van der Waals surface area contributed by atoms with Gasteiger partial charge in [-0.05, 0) is 6.07 Å². The SMILES string of the molecule is O=C(NCCCl)N1CC(Oc2cccc(C(F)(F)F)n2)C1. The van der Waals surface area contributed by atoms with Crippen LogP contribution in [-0.2, 0) is 6.18 Å². The maximum atomic E-state index is 12.5. The number of pyridine rings is 1. The second kappa shape index (κ2) is 6.38. The zero-order valence-corrected chi connectivity index (χ0v) is 11.6. The van der Waals surface area contributed by atoms with Gasteiger partial charge in [0.25, 0.3) is 0 Å². The van der Waals surface area contributed by atoms with Gasteiger partial charge in [0.15, 0.2) is 0 Å². The van der Waals surface area contributed by atoms with E-state index in [0.29, 0.717) is 25.5 Å². The van der Waals surface area contributed by atoms with Crippen LogP contribution in [0.4, 0.5) is 18.0 Å². The van der Waals surface area contributed by atoms with Gasteiger partial charge >= 0.3 is 12.2 Å². The maximum Gasteiger partial charge on any atom is 0.433 e. The predicted molar refractivity (Wildman–Crippen MR) is 69.3 cm³/mol. The number of aromatic nitrogens is 1. The van der Waals surface area contributed by atoms with Crippen LogP contribution in [0.5, 0.6) is 5.88 Å². The average Bonchev–Trinajstić information content (AvgIpc) is 2.39. The number of hydrogen-bond donors (Lipinski definition) is 1. The molecule has 1 fully saturated rings. The molecule has 0 unspecified atom stereocenters. The van der Waals surface area contributed by atoms with E-state index in [-0.39, 0.29) is 18.0 Å². The predicted octanol–water partition coefficient (Wildman–Crippen LogP) is 2.11. The number of likely N-dealkylation sites (tertiary alicyclic amines) is 1. The van der Waals surface area contributed by atoms with E-state index in [9.17, 15) is 18.0 Å². The van der Waals surface area contributed by atoms with E-state index in [4.69, 9.17) is 16.3 Å². The molecule has 1 aromatic rings. The lowest BCUT2D eigenvalue weighted by Gasteiger charge is -2.38. The lowest BCUT2D eigenvalue weighted by molar-refractivity contribution is -0.141. The Labute approximate surface area is 124 Å². The summed E-state index contributed by atoms with van der Waals surface area (Å²) in [5, 5.41) is 2.58. The quantitative estimate of drug-likeness (QED) is 0.864. The van der Waals surface area contributed by atoms with Crippen LogP contribution in [-0.4, -0.2) is 47.5 Å². The fraction of sp³-hybridized carbons (Fsp3) is 0.500. The van der Waals surface area contributed by atoms with Crippen LogP contribution in [0.25, 0.3) is 0 Å². The molecule has 1 aliphatic heterocycles. The smallest absolute Gasteiger partial charge is 0.433 e. The van der Waals surface area contributed by atoms with Crippen LogP contribution >= 0.6 is 11.6 Å². The molecule has 2 amide bonds. The monoisotopic (exact) mass is 323 g/mol. The van der Waals surface area contributed by atoms with Crippen LogP contribution in [0, 0.1) is 0 Å². The van der Waals surface area contributed by atoms with Gasteiger partial charge in [-0.2, -0.15) is 13.2 Å². The normalized spacial score (nSPS) is 15.5. The van der Waals surface area contributed by atoms with Gasteiger partial charge in [0.1, 0.15) is 11.8 Å². The molecule has 2 heterocycles. The Kier molecular flexibility index (Phi) is 4.76. The second-order valence-corrected chi connectivity index (χ2v) is 4.80. The summed E-state index contributed by atoms with van der Waals surface area (Å²) in [6.45, 7) is 0.954. The van der Waals surface area contributed by atoms with Gasteiger partial charge in [-0.15, -0.1) is 11.6 Å². The summed E-state index contributed by atoms with van der Waals surface area (Å²) in [5.74, 6) is 0.212. The number of hydrogen-bond acceptors (Lipinski definition) is 3. The Morgan fingerprint density at radius 2 is 2.19 bits per heavy atom. The fourth-order valence-electron chi connectivity index (χ4n) is 1.75. The zero-order valence-electron chi connectivity index (χ0n) is 10.9. The number of carbonyl (C=O) groups excluding carboxylic acids is 1. The van der Waals surface area contributed by atoms with Crippen LogP contribution in [0.3, 0.4) is 0 Å². The van der Waals surface area contributed by atoms with Crippen molar-refractivity contribution in [3.05, 3.63) is 23.9 Å². The van der Waals surface area contributed by atoms with Crippen molar-refractivity contribution in [1.82, 2.24) is 15.2 Å². The molecule has 1 aromatic heterocycles. The molecule has 5 nitrogen and oxygen atoms in total. The zero-order chi connectivity index (χ0) is 15.5. The van der Waals surface area contributed by atoms with Gasteiger partial charge in [0, 0.05) is 18.5 Å². The third-order valence-corrected chi connectivity index (χ3v) is 3.00. The highest BCUT2D eigenvalue weighted by Crippen LogP contribution is 2.29. The van der Waals surface area contributed by atoms with Gasteiger partial charge in [-0.3, -0.25) is 0 Å². The van der Waals surface area contributed by atoms with E-state index in [2.05, 4.69) is 10.3 Å². The van der Waals surface area contributed by atoms with Gasteiger partial charge in [0.2, 0.25) is 5.88 Å². The van der Waals surface area contributed by atoms with Crippen molar-refractivity contribution in [1.29, 1.82) is 0 Å². The van der Waals surface area contributed by atoms with Crippen molar-refractivity contribution in [3.63, 3.8) is 0 Å². The Hall–Kier alpha value is -1.70. The maximum absolute atomic E-state index is 12.5. The Morgan fingerprint density at radius 1 is 1.48 bits per heavy atom. The number of halogens is 4. The molecule has 2 rings (SSSR count). The molecule has 0 radical (unpaired) electrons. The van der Waals surface area contributed by atoms with E-state index in [0.717, 1.165) is 6.07 Å². The lowest BCUT2D eigenvalue weighted by Crippen LogP contribution is -2.59. The molecule has 1 aliphatic rings. The van der Waals surface area contributed by atoms with Crippen LogP contribution in [0.1, 0.15) is 5.69 Å². The molecule has 0 saturated carbocycles. The Balaban J connectivity index is 1.84. The standard InChI is InChI=1S/C12H13ClF3N3O2/c13-4-5-17-11(20)19-6-8(7-19)21-10-3-1-2-9(18-10)12(14,15)16/h1-3,8H,4-7H2,(H,17,20). The number of nitrogens with one attached hydrogen (secondary N) is 1. The topological polar surface area (TPSA) is 54.5 Å². The summed E-state index contributed by atoms with van der Waals surface area (Å²) in [7, 11) is 0. The Morgan fingerprint density at radius 3 is 2.81 bits per heavy atom. The number of alkyl halides is 4. The number of rotatable bonds is 4.